The fourth-order valence-electron chi connectivity index (χ4n) is 1.52. The molecule has 1 amide bonds. The molecule has 1 aromatic rings. The van der Waals surface area contributed by atoms with E-state index in [1.54, 1.807) is 18.2 Å². The van der Waals surface area contributed by atoms with E-state index in [0.717, 1.165) is 0 Å². The Bertz CT molecular complexity index is 525. The lowest BCUT2D eigenvalue weighted by Crippen LogP contribution is -2.17. The summed E-state index contributed by atoms with van der Waals surface area (Å²) in [4.78, 5) is 26.9. The van der Waals surface area contributed by atoms with Crippen molar-refractivity contribution in [2.75, 3.05) is 19.0 Å². The number of anilines is 1. The molecule has 88 valence electrons. The van der Waals surface area contributed by atoms with E-state index < -0.39 is 5.97 Å². The van der Waals surface area contributed by atoms with Crippen LogP contribution in [0.5, 0.6) is 0 Å². The topological polar surface area (TPSA) is 67.8 Å². The zero-order valence-electron chi connectivity index (χ0n) is 8.99. The largest absolute Gasteiger partial charge is 0.464 e. The smallest absolute Gasteiger partial charge is 0.356 e. The molecule has 0 aromatic heterocycles. The summed E-state index contributed by atoms with van der Waals surface area (Å²) in [7, 11) is 1.26. The number of carbonyl (C=O) groups is 2. The molecule has 0 aliphatic carbocycles. The number of benzodiazepines with no additional fused rings is 1. The lowest BCUT2D eigenvalue weighted by molar-refractivity contribution is -0.132. The van der Waals surface area contributed by atoms with Gasteiger partial charge >= 0.3 is 5.97 Å². The Morgan fingerprint density at radius 2 is 2.29 bits per heavy atom. The molecule has 0 spiro atoms. The third-order valence-corrected chi connectivity index (χ3v) is 2.51. The number of ether oxygens (including phenoxy) is 1. The Morgan fingerprint density at radius 3 is 3.00 bits per heavy atom. The lowest BCUT2D eigenvalue weighted by atomic mass is 10.1. The minimum atomic E-state index is -0.593. The molecule has 1 aromatic carbocycles. The maximum atomic E-state index is 11.6. The van der Waals surface area contributed by atoms with Gasteiger partial charge in [-0.15, -0.1) is 0 Å². The van der Waals surface area contributed by atoms with Crippen molar-refractivity contribution in [3.8, 4) is 0 Å². The number of amides is 1. The van der Waals surface area contributed by atoms with Crippen molar-refractivity contribution in [3.63, 3.8) is 0 Å². The Labute approximate surface area is 102 Å². The van der Waals surface area contributed by atoms with Crippen molar-refractivity contribution in [2.45, 2.75) is 0 Å². The monoisotopic (exact) mass is 252 g/mol. The number of benzene rings is 1. The summed E-state index contributed by atoms with van der Waals surface area (Å²) < 4.78 is 4.63. The first-order chi connectivity index (χ1) is 8.11. The van der Waals surface area contributed by atoms with E-state index in [4.69, 9.17) is 11.6 Å². The highest BCUT2D eigenvalue weighted by Crippen LogP contribution is 2.23. The van der Waals surface area contributed by atoms with Gasteiger partial charge in [0.1, 0.15) is 6.54 Å². The molecule has 0 fully saturated rings. The Hall–Kier alpha value is -1.88. The van der Waals surface area contributed by atoms with E-state index in [2.05, 4.69) is 15.0 Å². The average molecular weight is 253 g/mol. The molecule has 0 unspecified atom stereocenters. The number of nitrogens with zero attached hydrogens (tertiary/aromatic N) is 1. The standard InChI is InChI=1S/C11H9ClN2O3/c1-17-11(16)10-7-4-6(12)2-3-8(7)14-9(15)5-13-10/h2-4H,5H2,1H3,(H,14,15). The van der Waals surface area contributed by atoms with Gasteiger partial charge in [0, 0.05) is 10.6 Å². The number of nitrogens with one attached hydrogen (secondary N) is 1. The van der Waals surface area contributed by atoms with E-state index in [1.165, 1.54) is 7.11 Å². The van der Waals surface area contributed by atoms with Crippen LogP contribution in [0.4, 0.5) is 5.69 Å². The molecular weight excluding hydrogens is 244 g/mol. The quantitative estimate of drug-likeness (QED) is 0.765. The molecule has 1 heterocycles. The second-order valence-electron chi connectivity index (χ2n) is 3.39. The van der Waals surface area contributed by atoms with Crippen LogP contribution < -0.4 is 5.32 Å². The van der Waals surface area contributed by atoms with Crippen molar-refractivity contribution in [2.24, 2.45) is 4.99 Å². The van der Waals surface area contributed by atoms with Crippen LogP contribution in [0.3, 0.4) is 0 Å². The fourth-order valence-corrected chi connectivity index (χ4v) is 1.69. The van der Waals surface area contributed by atoms with E-state index in [-0.39, 0.29) is 18.2 Å². The van der Waals surface area contributed by atoms with E-state index in [9.17, 15) is 9.59 Å². The molecule has 17 heavy (non-hydrogen) atoms. The van der Waals surface area contributed by atoms with E-state index in [0.29, 0.717) is 16.3 Å². The number of fused-ring (bicyclic) bond motifs is 1. The Morgan fingerprint density at radius 1 is 1.53 bits per heavy atom. The van der Waals surface area contributed by atoms with Gasteiger partial charge in [0.25, 0.3) is 0 Å². The first kappa shape index (κ1) is 11.6. The van der Waals surface area contributed by atoms with Crippen LogP contribution in [0.25, 0.3) is 0 Å². The summed E-state index contributed by atoms with van der Waals surface area (Å²) >= 11 is 5.86. The Kier molecular flexibility index (Phi) is 3.10. The number of aliphatic imine (C=N–C) groups is 1. The van der Waals surface area contributed by atoms with Gasteiger partial charge in [-0.25, -0.2) is 4.79 Å². The molecule has 0 atom stereocenters. The first-order valence-corrected chi connectivity index (χ1v) is 5.22. The molecule has 2 rings (SSSR count). The van der Waals surface area contributed by atoms with Crippen LogP contribution in [0, 0.1) is 0 Å². The zero-order valence-corrected chi connectivity index (χ0v) is 9.75. The second kappa shape index (κ2) is 4.55. The van der Waals surface area contributed by atoms with Gasteiger partial charge in [0.05, 0.1) is 12.8 Å². The summed E-state index contributed by atoms with van der Waals surface area (Å²) in [5, 5.41) is 3.09. The highest BCUT2D eigenvalue weighted by molar-refractivity contribution is 6.45. The summed E-state index contributed by atoms with van der Waals surface area (Å²) in [6.45, 7) is -0.114. The van der Waals surface area contributed by atoms with Gasteiger partial charge in [0.2, 0.25) is 5.91 Å². The van der Waals surface area contributed by atoms with Gasteiger partial charge in [-0.1, -0.05) is 11.6 Å². The molecule has 0 radical (unpaired) electrons. The maximum Gasteiger partial charge on any atom is 0.356 e. The van der Waals surface area contributed by atoms with Crippen LogP contribution >= 0.6 is 11.6 Å². The third-order valence-electron chi connectivity index (χ3n) is 2.27. The second-order valence-corrected chi connectivity index (χ2v) is 3.83. The maximum absolute atomic E-state index is 11.6. The van der Waals surface area contributed by atoms with Crippen molar-refractivity contribution in [1.29, 1.82) is 0 Å². The van der Waals surface area contributed by atoms with Crippen molar-refractivity contribution >= 4 is 34.9 Å². The molecule has 0 bridgehead atoms. The average Bonchev–Trinajstić information content (AvgIpc) is 2.47. The number of hydrogen-bond donors (Lipinski definition) is 1. The highest BCUT2D eigenvalue weighted by Gasteiger charge is 2.22. The normalized spacial score (nSPS) is 14.2. The van der Waals surface area contributed by atoms with Crippen LogP contribution in [0.2, 0.25) is 5.02 Å². The molecular formula is C11H9ClN2O3. The number of esters is 1. The van der Waals surface area contributed by atoms with Gasteiger partial charge in [-0.05, 0) is 18.2 Å². The number of hydrogen-bond acceptors (Lipinski definition) is 4. The molecule has 0 saturated heterocycles. The number of methoxy groups -OCH3 is 1. The summed E-state index contributed by atoms with van der Waals surface area (Å²) in [5.74, 6) is -0.877. The summed E-state index contributed by atoms with van der Waals surface area (Å²) in [5.41, 5.74) is 1.07. The molecule has 1 aliphatic heterocycles. The molecule has 0 saturated carbocycles. The zero-order chi connectivity index (χ0) is 12.4. The van der Waals surface area contributed by atoms with Gasteiger partial charge in [-0.3, -0.25) is 9.79 Å². The van der Waals surface area contributed by atoms with Gasteiger partial charge in [0.15, 0.2) is 5.71 Å². The molecule has 1 N–H and O–H groups in total. The van der Waals surface area contributed by atoms with Crippen LogP contribution in [-0.4, -0.2) is 31.2 Å². The first-order valence-electron chi connectivity index (χ1n) is 4.84. The van der Waals surface area contributed by atoms with Crippen LogP contribution in [0.15, 0.2) is 23.2 Å². The van der Waals surface area contributed by atoms with Crippen LogP contribution in [-0.2, 0) is 14.3 Å². The van der Waals surface area contributed by atoms with Crippen LogP contribution in [0.1, 0.15) is 5.56 Å². The predicted octanol–water partition coefficient (Wildman–Crippen LogP) is 1.25. The van der Waals surface area contributed by atoms with Crippen molar-refractivity contribution in [3.05, 3.63) is 28.8 Å². The fraction of sp³-hybridized carbons (Fsp3) is 0.182. The molecule has 6 heteroatoms. The lowest BCUT2D eigenvalue weighted by Gasteiger charge is -2.08. The Balaban J connectivity index is 2.57. The van der Waals surface area contributed by atoms with E-state index in [1.807, 2.05) is 0 Å². The summed E-state index contributed by atoms with van der Waals surface area (Å²) in [6, 6.07) is 4.82. The number of carbonyl (C=O) groups excluding carboxylic acids is 2. The molecule has 1 aliphatic rings. The van der Waals surface area contributed by atoms with Gasteiger partial charge < -0.3 is 10.1 Å². The van der Waals surface area contributed by atoms with Crippen molar-refractivity contribution < 1.29 is 14.3 Å². The van der Waals surface area contributed by atoms with E-state index >= 15 is 0 Å². The minimum Gasteiger partial charge on any atom is -0.464 e. The van der Waals surface area contributed by atoms with Crippen molar-refractivity contribution in [1.82, 2.24) is 0 Å². The summed E-state index contributed by atoms with van der Waals surface area (Å²) in [6.07, 6.45) is 0. The molecule has 5 nitrogen and oxygen atoms in total. The minimum absolute atomic E-state index is 0.100. The SMILES string of the molecule is COC(=O)C1=NCC(=O)Nc2ccc(Cl)cc21. The number of rotatable bonds is 1. The number of halogens is 1. The van der Waals surface area contributed by atoms with Gasteiger partial charge in [-0.2, -0.15) is 0 Å². The highest BCUT2D eigenvalue weighted by atomic mass is 35.5. The predicted molar refractivity (Wildman–Crippen MR) is 63.5 cm³/mol. The third kappa shape index (κ3) is 2.29.